The molecule has 4 heterocycles. The van der Waals surface area contributed by atoms with Crippen molar-refractivity contribution in [1.82, 2.24) is 29.9 Å². The molecule has 194 valence electrons. The first-order valence-corrected chi connectivity index (χ1v) is 12.3. The molecule has 1 fully saturated rings. The van der Waals surface area contributed by atoms with Crippen molar-refractivity contribution in [1.29, 1.82) is 0 Å². The standard InChI is InChI=1S/C23H23F3N8O2S/c1-12-3-4-16-15(7-28-31-16)19(12)29-21(36)17-8-27-22(37-17)30-20-13(2)9-34(32-20)11-18(35)33-6-5-14(10-33)23(24,25)26/h3-4,7-9,14H,5-6,10-11H2,1-2H3,(H,28,31)(H,29,36)(H,27,30,32). The topological polar surface area (TPSA) is 121 Å². The zero-order chi connectivity index (χ0) is 26.3. The number of nitrogens with zero attached hydrogens (tertiary/aromatic N) is 5. The number of nitrogens with one attached hydrogen (secondary N) is 3. The van der Waals surface area contributed by atoms with E-state index in [-0.39, 0.29) is 32.0 Å². The summed E-state index contributed by atoms with van der Waals surface area (Å²) in [6.45, 7) is 3.25. The molecule has 1 aromatic carbocycles. The predicted octanol–water partition coefficient (Wildman–Crippen LogP) is 4.24. The molecule has 1 atom stereocenters. The number of anilines is 3. The fourth-order valence-corrected chi connectivity index (χ4v) is 4.93. The van der Waals surface area contributed by atoms with Gasteiger partial charge in [0, 0.05) is 30.2 Å². The smallest absolute Gasteiger partial charge is 0.340 e. The maximum Gasteiger partial charge on any atom is 0.393 e. The molecule has 37 heavy (non-hydrogen) atoms. The van der Waals surface area contributed by atoms with Crippen LogP contribution in [-0.2, 0) is 11.3 Å². The third-order valence-corrected chi connectivity index (χ3v) is 7.18. The van der Waals surface area contributed by atoms with Gasteiger partial charge in [-0.05, 0) is 31.9 Å². The number of hydrogen-bond donors (Lipinski definition) is 3. The number of aromatic nitrogens is 5. The summed E-state index contributed by atoms with van der Waals surface area (Å²) in [5, 5.41) is 18.4. The molecule has 10 nitrogen and oxygen atoms in total. The highest BCUT2D eigenvalue weighted by Crippen LogP contribution is 2.33. The minimum atomic E-state index is -4.30. The number of halogens is 3. The number of aromatic amines is 1. The van der Waals surface area contributed by atoms with E-state index in [4.69, 9.17) is 0 Å². The summed E-state index contributed by atoms with van der Waals surface area (Å²) in [6.07, 6.45) is 0.348. The number of rotatable bonds is 6. The number of alkyl halides is 3. The lowest BCUT2D eigenvalue weighted by Gasteiger charge is -2.17. The van der Waals surface area contributed by atoms with Crippen LogP contribution >= 0.6 is 11.3 Å². The zero-order valence-electron chi connectivity index (χ0n) is 19.9. The molecular formula is C23H23F3N8O2S. The Morgan fingerprint density at radius 3 is 2.78 bits per heavy atom. The molecular weight excluding hydrogens is 509 g/mol. The molecule has 3 aromatic heterocycles. The van der Waals surface area contributed by atoms with Crippen LogP contribution in [0.1, 0.15) is 27.2 Å². The molecule has 14 heteroatoms. The van der Waals surface area contributed by atoms with Gasteiger partial charge in [-0.15, -0.1) is 0 Å². The van der Waals surface area contributed by atoms with E-state index in [2.05, 4.69) is 30.9 Å². The summed E-state index contributed by atoms with van der Waals surface area (Å²) in [4.78, 5) is 31.2. The number of aryl methyl sites for hydroxylation is 2. The Kier molecular flexibility index (Phi) is 6.35. The van der Waals surface area contributed by atoms with Crippen molar-refractivity contribution >= 4 is 50.7 Å². The van der Waals surface area contributed by atoms with Crippen LogP contribution in [0.4, 0.5) is 29.8 Å². The van der Waals surface area contributed by atoms with E-state index in [0.717, 1.165) is 27.8 Å². The van der Waals surface area contributed by atoms with E-state index in [1.54, 1.807) is 19.3 Å². The van der Waals surface area contributed by atoms with Crippen molar-refractivity contribution in [2.24, 2.45) is 5.92 Å². The monoisotopic (exact) mass is 532 g/mol. The lowest BCUT2D eigenvalue weighted by Crippen LogP contribution is -2.34. The molecule has 1 aliphatic rings. The average molecular weight is 533 g/mol. The van der Waals surface area contributed by atoms with E-state index in [0.29, 0.717) is 27.1 Å². The molecule has 1 unspecified atom stereocenters. The van der Waals surface area contributed by atoms with Gasteiger partial charge in [-0.1, -0.05) is 17.4 Å². The SMILES string of the molecule is Cc1cn(CC(=O)N2CCC(C(F)(F)F)C2)nc1Nc1ncc(C(=O)Nc2c(C)ccc3[nH]ncc23)s1. The molecule has 0 aliphatic carbocycles. The number of fused-ring (bicyclic) bond motifs is 1. The van der Waals surface area contributed by atoms with Crippen molar-refractivity contribution in [3.8, 4) is 0 Å². The Balaban J connectivity index is 1.22. The van der Waals surface area contributed by atoms with Crippen molar-refractivity contribution in [3.63, 3.8) is 0 Å². The van der Waals surface area contributed by atoms with Gasteiger partial charge < -0.3 is 15.5 Å². The van der Waals surface area contributed by atoms with Crippen LogP contribution in [0.5, 0.6) is 0 Å². The van der Waals surface area contributed by atoms with Gasteiger partial charge in [0.05, 0.1) is 29.5 Å². The van der Waals surface area contributed by atoms with Crippen molar-refractivity contribution in [3.05, 3.63) is 46.7 Å². The van der Waals surface area contributed by atoms with E-state index in [1.807, 2.05) is 19.1 Å². The number of thiazole rings is 1. The summed E-state index contributed by atoms with van der Waals surface area (Å²) >= 11 is 1.13. The van der Waals surface area contributed by atoms with Gasteiger partial charge in [-0.2, -0.15) is 23.4 Å². The molecule has 4 aromatic rings. The minimum Gasteiger partial charge on any atom is -0.340 e. The van der Waals surface area contributed by atoms with E-state index < -0.39 is 18.0 Å². The maximum atomic E-state index is 12.9. The number of carbonyl (C=O) groups is 2. The predicted molar refractivity (Wildman–Crippen MR) is 132 cm³/mol. The molecule has 0 radical (unpaired) electrons. The second kappa shape index (κ2) is 9.50. The van der Waals surface area contributed by atoms with Crippen LogP contribution in [0.3, 0.4) is 0 Å². The lowest BCUT2D eigenvalue weighted by molar-refractivity contribution is -0.171. The van der Waals surface area contributed by atoms with Crippen LogP contribution in [-0.4, -0.2) is 60.9 Å². The van der Waals surface area contributed by atoms with Crippen LogP contribution in [0, 0.1) is 19.8 Å². The third-order valence-electron chi connectivity index (χ3n) is 6.27. The molecule has 1 saturated heterocycles. The van der Waals surface area contributed by atoms with Crippen LogP contribution < -0.4 is 10.6 Å². The molecule has 0 bridgehead atoms. The normalized spacial score (nSPS) is 15.9. The van der Waals surface area contributed by atoms with Crippen LogP contribution in [0.15, 0.2) is 30.7 Å². The Labute approximate surface area is 212 Å². The third kappa shape index (κ3) is 5.14. The fourth-order valence-electron chi connectivity index (χ4n) is 4.22. The largest absolute Gasteiger partial charge is 0.393 e. The van der Waals surface area contributed by atoms with Gasteiger partial charge in [-0.25, -0.2) is 4.98 Å². The number of H-pyrrole nitrogens is 1. The lowest BCUT2D eigenvalue weighted by atomic mass is 10.1. The Hall–Kier alpha value is -3.94. The summed E-state index contributed by atoms with van der Waals surface area (Å²) in [6, 6.07) is 3.78. The number of likely N-dealkylation sites (tertiary alicyclic amines) is 1. The minimum absolute atomic E-state index is 0.0763. The highest BCUT2D eigenvalue weighted by Gasteiger charge is 2.44. The van der Waals surface area contributed by atoms with Gasteiger partial charge >= 0.3 is 6.18 Å². The number of hydrogen-bond acceptors (Lipinski definition) is 7. The summed E-state index contributed by atoms with van der Waals surface area (Å²) in [5.74, 6) is -1.79. The molecule has 2 amide bonds. The Bertz CT molecular complexity index is 1470. The van der Waals surface area contributed by atoms with Crippen molar-refractivity contribution in [2.45, 2.75) is 33.0 Å². The van der Waals surface area contributed by atoms with E-state index in [1.165, 1.54) is 15.8 Å². The Morgan fingerprint density at radius 1 is 1.22 bits per heavy atom. The van der Waals surface area contributed by atoms with E-state index in [9.17, 15) is 22.8 Å². The fraction of sp³-hybridized carbons (Fsp3) is 0.348. The van der Waals surface area contributed by atoms with Crippen LogP contribution in [0.25, 0.3) is 10.9 Å². The van der Waals surface area contributed by atoms with Crippen molar-refractivity contribution < 1.29 is 22.8 Å². The van der Waals surface area contributed by atoms with Gasteiger partial charge in [-0.3, -0.25) is 19.4 Å². The summed E-state index contributed by atoms with van der Waals surface area (Å²) in [5.41, 5.74) is 3.08. The number of benzene rings is 1. The van der Waals surface area contributed by atoms with Crippen molar-refractivity contribution in [2.75, 3.05) is 23.7 Å². The molecule has 0 spiro atoms. The zero-order valence-corrected chi connectivity index (χ0v) is 20.7. The summed E-state index contributed by atoms with van der Waals surface area (Å²) < 4.78 is 40.1. The Morgan fingerprint density at radius 2 is 2.03 bits per heavy atom. The molecule has 5 rings (SSSR count). The quantitative estimate of drug-likeness (QED) is 0.342. The first-order valence-electron chi connectivity index (χ1n) is 11.4. The molecule has 3 N–H and O–H groups in total. The molecule has 1 aliphatic heterocycles. The highest BCUT2D eigenvalue weighted by molar-refractivity contribution is 7.17. The number of carbonyl (C=O) groups excluding carboxylic acids is 2. The van der Waals surface area contributed by atoms with E-state index >= 15 is 0 Å². The highest BCUT2D eigenvalue weighted by atomic mass is 32.1. The van der Waals surface area contributed by atoms with Gasteiger partial charge in [0.2, 0.25) is 5.91 Å². The average Bonchev–Trinajstić information content (AvgIpc) is 3.62. The second-order valence-corrected chi connectivity index (χ2v) is 9.95. The van der Waals surface area contributed by atoms with Gasteiger partial charge in [0.25, 0.3) is 5.91 Å². The maximum absolute atomic E-state index is 12.9. The van der Waals surface area contributed by atoms with Gasteiger partial charge in [0.15, 0.2) is 10.9 Å². The summed E-state index contributed by atoms with van der Waals surface area (Å²) in [7, 11) is 0. The first-order chi connectivity index (χ1) is 17.6. The number of amides is 2. The van der Waals surface area contributed by atoms with Crippen LogP contribution in [0.2, 0.25) is 0 Å². The van der Waals surface area contributed by atoms with Gasteiger partial charge in [0.1, 0.15) is 11.4 Å². The second-order valence-electron chi connectivity index (χ2n) is 8.92. The molecule has 0 saturated carbocycles. The first kappa shape index (κ1) is 24.7.